The number of carbonyl (C=O) groups is 1. The van der Waals surface area contributed by atoms with E-state index in [1.807, 2.05) is 0 Å². The molecule has 0 fully saturated rings. The van der Waals surface area contributed by atoms with Gasteiger partial charge in [0, 0.05) is 6.08 Å². The topological polar surface area (TPSA) is 92.5 Å². The first-order valence-corrected chi connectivity index (χ1v) is 6.73. The Balaban J connectivity index is 2.46. The highest BCUT2D eigenvalue weighted by molar-refractivity contribution is 6.32. The largest absolute Gasteiger partial charge is 0.549 e. The Labute approximate surface area is 137 Å². The number of allylic oxidation sites excluding steroid dienone is 2. The van der Waals surface area contributed by atoms with Gasteiger partial charge in [-0.25, -0.2) is 0 Å². The average Bonchev–Trinajstić information content (AvgIpc) is 2.48. The molecule has 0 radical (unpaired) electrons. The molecule has 0 heterocycles. The summed E-state index contributed by atoms with van der Waals surface area (Å²) < 4.78 is 43.0. The van der Waals surface area contributed by atoms with Crippen molar-refractivity contribution >= 4 is 17.6 Å². The van der Waals surface area contributed by atoms with Gasteiger partial charge < -0.3 is 14.6 Å². The van der Waals surface area contributed by atoms with Gasteiger partial charge in [0.25, 0.3) is 0 Å². The molecule has 6 nitrogen and oxygen atoms in total. The monoisotopic (exact) mass is 362 g/mol. The second-order valence-electron chi connectivity index (χ2n) is 4.79. The van der Waals surface area contributed by atoms with Crippen molar-refractivity contribution in [3.05, 3.63) is 63.2 Å². The van der Waals surface area contributed by atoms with Gasteiger partial charge in [-0.05, 0) is 18.2 Å². The molecule has 0 saturated carbocycles. The van der Waals surface area contributed by atoms with Crippen molar-refractivity contribution < 1.29 is 32.7 Å². The van der Waals surface area contributed by atoms with Gasteiger partial charge in [0.15, 0.2) is 0 Å². The van der Waals surface area contributed by atoms with Crippen molar-refractivity contribution in [3.63, 3.8) is 0 Å². The molecular weight excluding hydrogens is 355 g/mol. The smallest absolute Gasteiger partial charge is 0.416 e. The van der Waals surface area contributed by atoms with Crippen LogP contribution in [0.25, 0.3) is 0 Å². The zero-order valence-corrected chi connectivity index (χ0v) is 12.4. The number of carboxylic acids is 1. The van der Waals surface area contributed by atoms with Crippen LogP contribution in [0, 0.1) is 16.0 Å². The van der Waals surface area contributed by atoms with Crippen LogP contribution in [-0.2, 0) is 11.0 Å². The first kappa shape index (κ1) is 17.8. The third-order valence-corrected chi connectivity index (χ3v) is 3.56. The lowest BCUT2D eigenvalue weighted by molar-refractivity contribution is -0.607. The number of carboxylic acid groups (broad SMARTS) is 1. The number of alkyl halides is 3. The molecule has 0 saturated heterocycles. The van der Waals surface area contributed by atoms with Gasteiger partial charge in [-0.2, -0.15) is 13.2 Å². The highest BCUT2D eigenvalue weighted by atomic mass is 35.5. The summed E-state index contributed by atoms with van der Waals surface area (Å²) in [5, 5.41) is 22.0. The van der Waals surface area contributed by atoms with E-state index in [4.69, 9.17) is 16.3 Å². The number of hydrogen-bond donors (Lipinski definition) is 0. The predicted molar refractivity (Wildman–Crippen MR) is 73.6 cm³/mol. The molecule has 2 rings (SSSR count). The summed E-state index contributed by atoms with van der Waals surface area (Å²) >= 11 is 5.70. The third-order valence-electron chi connectivity index (χ3n) is 3.27. The van der Waals surface area contributed by atoms with Crippen molar-refractivity contribution in [3.8, 4) is 5.75 Å². The minimum Gasteiger partial charge on any atom is -0.549 e. The molecule has 0 bridgehead atoms. The highest BCUT2D eigenvalue weighted by Crippen LogP contribution is 2.38. The molecule has 2 atom stereocenters. The Morgan fingerprint density at radius 3 is 2.50 bits per heavy atom. The standard InChI is InChI=1S/C14H9ClF3NO5/c15-10-7-8(14(16,17)18)4-5-11(10)24-13(19(22)23)6-2-1-3-9(13)12(20)21/h1-7,9H,(H,20,21)/p-1. The van der Waals surface area contributed by atoms with Crippen molar-refractivity contribution in [1.82, 2.24) is 0 Å². The van der Waals surface area contributed by atoms with Crippen LogP contribution in [0.3, 0.4) is 0 Å². The zero-order valence-electron chi connectivity index (χ0n) is 11.6. The summed E-state index contributed by atoms with van der Waals surface area (Å²) in [4.78, 5) is 21.6. The maximum absolute atomic E-state index is 12.6. The van der Waals surface area contributed by atoms with E-state index in [0.717, 1.165) is 18.2 Å². The summed E-state index contributed by atoms with van der Waals surface area (Å²) in [6, 6.07) is 1.93. The maximum Gasteiger partial charge on any atom is 0.416 e. The number of aliphatic carboxylic acids is 1. The van der Waals surface area contributed by atoms with E-state index in [1.54, 1.807) is 0 Å². The van der Waals surface area contributed by atoms with Gasteiger partial charge >= 0.3 is 11.9 Å². The normalized spacial score (nSPS) is 23.1. The lowest BCUT2D eigenvalue weighted by Crippen LogP contribution is -2.55. The average molecular weight is 363 g/mol. The highest BCUT2D eigenvalue weighted by Gasteiger charge is 2.52. The summed E-state index contributed by atoms with van der Waals surface area (Å²) in [5.74, 6) is -4.04. The molecule has 0 amide bonds. The van der Waals surface area contributed by atoms with E-state index in [-0.39, 0.29) is 0 Å². The number of benzene rings is 1. The Kier molecular flexibility index (Phi) is 4.57. The van der Waals surface area contributed by atoms with Crippen molar-refractivity contribution in [1.29, 1.82) is 0 Å². The van der Waals surface area contributed by atoms with E-state index in [1.165, 1.54) is 12.2 Å². The van der Waals surface area contributed by atoms with Crippen LogP contribution >= 0.6 is 11.6 Å². The molecule has 0 spiro atoms. The van der Waals surface area contributed by atoms with Crippen LogP contribution in [0.5, 0.6) is 5.75 Å². The second-order valence-corrected chi connectivity index (χ2v) is 5.20. The van der Waals surface area contributed by atoms with Crippen LogP contribution in [0.2, 0.25) is 5.02 Å². The minimum atomic E-state index is -4.66. The Morgan fingerprint density at radius 2 is 2.00 bits per heavy atom. The minimum absolute atomic E-state index is 0.465. The van der Waals surface area contributed by atoms with E-state index >= 15 is 0 Å². The molecule has 1 aromatic carbocycles. The summed E-state index contributed by atoms with van der Waals surface area (Å²) in [5.41, 5.74) is -3.66. The summed E-state index contributed by atoms with van der Waals surface area (Å²) in [7, 11) is 0. The van der Waals surface area contributed by atoms with Crippen molar-refractivity contribution in [2.24, 2.45) is 5.92 Å². The van der Waals surface area contributed by atoms with Gasteiger partial charge in [0.1, 0.15) is 11.7 Å². The molecular formula is C14H8ClF3NO5-. The van der Waals surface area contributed by atoms with E-state index in [9.17, 15) is 33.2 Å². The van der Waals surface area contributed by atoms with Crippen LogP contribution in [0.15, 0.2) is 42.5 Å². The first-order chi connectivity index (χ1) is 11.1. The van der Waals surface area contributed by atoms with Gasteiger partial charge in [0.05, 0.1) is 21.5 Å². The Morgan fingerprint density at radius 1 is 1.33 bits per heavy atom. The van der Waals surface area contributed by atoms with Crippen LogP contribution in [0.4, 0.5) is 13.2 Å². The van der Waals surface area contributed by atoms with Crippen molar-refractivity contribution in [2.45, 2.75) is 11.9 Å². The quantitative estimate of drug-likeness (QED) is 0.465. The second kappa shape index (κ2) is 6.16. The SMILES string of the molecule is O=C([O-])C1C=CC=CC1(Oc1ccc(C(F)(F)F)cc1Cl)[N+](=O)[O-]. The molecule has 24 heavy (non-hydrogen) atoms. The third kappa shape index (κ3) is 3.21. The summed E-state index contributed by atoms with van der Waals surface area (Å²) in [6.45, 7) is 0. The zero-order chi connectivity index (χ0) is 18.1. The van der Waals surface area contributed by atoms with E-state index in [2.05, 4.69) is 0 Å². The van der Waals surface area contributed by atoms with Crippen LogP contribution in [-0.4, -0.2) is 16.6 Å². The molecule has 1 aromatic rings. The van der Waals surface area contributed by atoms with Gasteiger partial charge in [-0.3, -0.25) is 10.1 Å². The number of nitrogens with zero attached hydrogens (tertiary/aromatic N) is 1. The van der Waals surface area contributed by atoms with Crippen molar-refractivity contribution in [2.75, 3.05) is 0 Å². The number of ether oxygens (including phenoxy) is 1. The molecule has 128 valence electrons. The van der Waals surface area contributed by atoms with E-state index < -0.39 is 45.0 Å². The Hall–Kier alpha value is -2.55. The molecule has 0 aromatic heterocycles. The lowest BCUT2D eigenvalue weighted by Gasteiger charge is -2.31. The van der Waals surface area contributed by atoms with Gasteiger partial charge in [-0.15, -0.1) is 0 Å². The fourth-order valence-corrected chi connectivity index (χ4v) is 2.32. The van der Waals surface area contributed by atoms with Crippen LogP contribution < -0.4 is 9.84 Å². The molecule has 1 aliphatic carbocycles. The fourth-order valence-electron chi connectivity index (χ4n) is 2.10. The summed E-state index contributed by atoms with van der Waals surface area (Å²) in [6.07, 6.45) is -0.387. The number of nitro groups is 1. The number of hydrogen-bond acceptors (Lipinski definition) is 5. The van der Waals surface area contributed by atoms with Gasteiger partial charge in [-0.1, -0.05) is 29.8 Å². The molecule has 1 aliphatic rings. The van der Waals surface area contributed by atoms with Gasteiger partial charge in [0.2, 0.25) is 0 Å². The molecule has 2 unspecified atom stereocenters. The van der Waals surface area contributed by atoms with Crippen LogP contribution in [0.1, 0.15) is 5.56 Å². The van der Waals surface area contributed by atoms with E-state index in [0.29, 0.717) is 12.1 Å². The first-order valence-electron chi connectivity index (χ1n) is 6.35. The predicted octanol–water partition coefficient (Wildman–Crippen LogP) is 2.20. The number of rotatable bonds is 4. The number of halogens is 4. The molecule has 10 heteroatoms. The maximum atomic E-state index is 12.6. The Bertz CT molecular complexity index is 746. The fraction of sp³-hybridized carbons (Fsp3) is 0.214. The molecule has 0 aliphatic heterocycles. The number of carbonyl (C=O) groups excluding carboxylic acids is 1. The molecule has 0 N–H and O–H groups in total. The lowest BCUT2D eigenvalue weighted by atomic mass is 9.91.